The van der Waals surface area contributed by atoms with E-state index in [1.54, 1.807) is 6.07 Å². The van der Waals surface area contributed by atoms with Crippen LogP contribution in [0.25, 0.3) is 0 Å². The number of nitrogens with one attached hydrogen (secondary N) is 1. The van der Waals surface area contributed by atoms with Crippen LogP contribution in [0.4, 0.5) is 14.6 Å². The van der Waals surface area contributed by atoms with Crippen molar-refractivity contribution in [2.45, 2.75) is 19.3 Å². The number of carbonyl (C=O) groups excluding carboxylic acids is 1. The molecule has 1 rings (SSSR count). The summed E-state index contributed by atoms with van der Waals surface area (Å²) in [6.45, 7) is 0.695. The summed E-state index contributed by atoms with van der Waals surface area (Å²) in [5.74, 6) is -3.51. The van der Waals surface area contributed by atoms with Gasteiger partial charge in [-0.25, -0.2) is 13.8 Å². The second-order valence-corrected chi connectivity index (χ2v) is 4.07. The first kappa shape index (κ1) is 12.0. The van der Waals surface area contributed by atoms with Crippen LogP contribution >= 0.6 is 15.9 Å². The molecule has 0 saturated heterocycles. The third-order valence-electron chi connectivity index (χ3n) is 1.46. The Morgan fingerprint density at radius 3 is 2.87 bits per heavy atom. The van der Waals surface area contributed by atoms with Crippen molar-refractivity contribution in [3.63, 3.8) is 0 Å². The van der Waals surface area contributed by atoms with Crippen LogP contribution in [0.5, 0.6) is 0 Å². The first-order chi connectivity index (χ1) is 6.87. The van der Waals surface area contributed by atoms with Gasteiger partial charge in [-0.15, -0.1) is 0 Å². The number of halogens is 3. The van der Waals surface area contributed by atoms with Gasteiger partial charge in [0.25, 0.3) is 5.92 Å². The Kier molecular flexibility index (Phi) is 3.73. The molecule has 0 atom stereocenters. The molecule has 1 aromatic heterocycles. The van der Waals surface area contributed by atoms with Crippen molar-refractivity contribution in [3.8, 4) is 0 Å². The van der Waals surface area contributed by atoms with Gasteiger partial charge in [0.2, 0.25) is 5.91 Å². The van der Waals surface area contributed by atoms with E-state index < -0.39 is 18.3 Å². The standard InChI is InChI=1S/C9H9BrF2N2O/c1-9(11,12)5-8(15)14-7-4-6(10)2-3-13-7/h2-4H,5H2,1H3,(H,13,14,15). The number of hydrogen-bond acceptors (Lipinski definition) is 2. The first-order valence-corrected chi connectivity index (χ1v) is 4.95. The lowest BCUT2D eigenvalue weighted by atomic mass is 10.2. The number of aromatic nitrogens is 1. The zero-order valence-electron chi connectivity index (χ0n) is 7.93. The molecule has 0 radical (unpaired) electrons. The number of amides is 1. The molecule has 3 nitrogen and oxygen atoms in total. The van der Waals surface area contributed by atoms with Crippen molar-refractivity contribution in [3.05, 3.63) is 22.8 Å². The lowest BCUT2D eigenvalue weighted by Crippen LogP contribution is -2.22. The fraction of sp³-hybridized carbons (Fsp3) is 0.333. The van der Waals surface area contributed by atoms with E-state index in [0.29, 0.717) is 6.92 Å². The molecule has 6 heteroatoms. The molecule has 15 heavy (non-hydrogen) atoms. The normalized spacial score (nSPS) is 11.2. The van der Waals surface area contributed by atoms with Crippen LogP contribution in [0.1, 0.15) is 13.3 Å². The summed E-state index contributed by atoms with van der Waals surface area (Å²) in [6.07, 6.45) is 0.616. The quantitative estimate of drug-likeness (QED) is 0.924. The highest BCUT2D eigenvalue weighted by molar-refractivity contribution is 9.10. The molecular weight excluding hydrogens is 270 g/mol. The fourth-order valence-corrected chi connectivity index (χ4v) is 1.28. The Labute approximate surface area is 94.0 Å². The van der Waals surface area contributed by atoms with Gasteiger partial charge in [0.1, 0.15) is 5.82 Å². The number of hydrogen-bond donors (Lipinski definition) is 1. The molecule has 0 aromatic carbocycles. The Morgan fingerprint density at radius 2 is 2.33 bits per heavy atom. The van der Waals surface area contributed by atoms with Gasteiger partial charge in [0.15, 0.2) is 0 Å². The zero-order chi connectivity index (χ0) is 11.5. The third-order valence-corrected chi connectivity index (χ3v) is 1.95. The van der Waals surface area contributed by atoms with Crippen LogP contribution in [0.3, 0.4) is 0 Å². The van der Waals surface area contributed by atoms with E-state index in [2.05, 4.69) is 26.2 Å². The summed E-state index contributed by atoms with van der Waals surface area (Å²) in [4.78, 5) is 14.9. The van der Waals surface area contributed by atoms with Crippen molar-refractivity contribution >= 4 is 27.7 Å². The molecule has 0 spiro atoms. The molecule has 0 fully saturated rings. The second-order valence-electron chi connectivity index (χ2n) is 3.15. The Balaban J connectivity index is 2.59. The predicted molar refractivity (Wildman–Crippen MR) is 55.8 cm³/mol. The van der Waals surface area contributed by atoms with Crippen molar-refractivity contribution < 1.29 is 13.6 Å². The van der Waals surface area contributed by atoms with Crippen LogP contribution in [0, 0.1) is 0 Å². The van der Waals surface area contributed by atoms with Crippen molar-refractivity contribution in [2.75, 3.05) is 5.32 Å². The lowest BCUT2D eigenvalue weighted by Gasteiger charge is -2.09. The molecule has 1 amide bonds. The maximum Gasteiger partial charge on any atom is 0.254 e. The molecule has 1 N–H and O–H groups in total. The van der Waals surface area contributed by atoms with E-state index in [4.69, 9.17) is 0 Å². The van der Waals surface area contributed by atoms with Crippen molar-refractivity contribution in [1.29, 1.82) is 0 Å². The summed E-state index contributed by atoms with van der Waals surface area (Å²) < 4.78 is 25.6. The van der Waals surface area contributed by atoms with Gasteiger partial charge in [-0.2, -0.15) is 0 Å². The van der Waals surface area contributed by atoms with E-state index >= 15 is 0 Å². The molecular formula is C9H9BrF2N2O. The smallest absolute Gasteiger partial charge is 0.254 e. The van der Waals surface area contributed by atoms with Gasteiger partial charge >= 0.3 is 0 Å². The molecule has 1 heterocycles. The minimum atomic E-state index is -3.00. The molecule has 0 bridgehead atoms. The lowest BCUT2D eigenvalue weighted by molar-refractivity contribution is -0.122. The van der Waals surface area contributed by atoms with E-state index in [0.717, 1.165) is 4.47 Å². The number of alkyl halides is 2. The van der Waals surface area contributed by atoms with Gasteiger partial charge < -0.3 is 5.32 Å². The molecule has 0 aliphatic carbocycles. The number of anilines is 1. The van der Waals surface area contributed by atoms with Crippen LogP contribution in [-0.4, -0.2) is 16.8 Å². The Bertz CT molecular complexity index is 365. The fourth-order valence-electron chi connectivity index (χ4n) is 0.942. The highest BCUT2D eigenvalue weighted by Crippen LogP contribution is 2.18. The molecule has 0 aliphatic rings. The molecule has 1 aromatic rings. The number of carbonyl (C=O) groups is 1. The molecule has 82 valence electrons. The SMILES string of the molecule is CC(F)(F)CC(=O)Nc1cc(Br)ccn1. The van der Waals surface area contributed by atoms with E-state index in [1.807, 2.05) is 0 Å². The summed E-state index contributed by atoms with van der Waals surface area (Å²) >= 11 is 3.17. The topological polar surface area (TPSA) is 42.0 Å². The zero-order valence-corrected chi connectivity index (χ0v) is 9.51. The molecule has 0 aliphatic heterocycles. The highest BCUT2D eigenvalue weighted by atomic mass is 79.9. The monoisotopic (exact) mass is 278 g/mol. The molecule has 0 saturated carbocycles. The summed E-state index contributed by atoms with van der Waals surface area (Å²) in [5.41, 5.74) is 0. The average molecular weight is 279 g/mol. The van der Waals surface area contributed by atoms with Gasteiger partial charge in [0.05, 0.1) is 6.42 Å². The van der Waals surface area contributed by atoms with Gasteiger partial charge in [-0.3, -0.25) is 4.79 Å². The summed E-state index contributed by atoms with van der Waals surface area (Å²) in [5, 5.41) is 2.28. The second kappa shape index (κ2) is 4.65. The minimum absolute atomic E-state index is 0.249. The number of nitrogens with zero attached hydrogens (tertiary/aromatic N) is 1. The number of pyridine rings is 1. The van der Waals surface area contributed by atoms with E-state index in [1.165, 1.54) is 12.3 Å². The Morgan fingerprint density at radius 1 is 1.67 bits per heavy atom. The maximum atomic E-state index is 12.5. The maximum absolute atomic E-state index is 12.5. The number of rotatable bonds is 3. The van der Waals surface area contributed by atoms with Crippen molar-refractivity contribution in [1.82, 2.24) is 4.98 Å². The predicted octanol–water partition coefficient (Wildman–Crippen LogP) is 2.83. The van der Waals surface area contributed by atoms with Gasteiger partial charge in [-0.05, 0) is 19.1 Å². The summed E-state index contributed by atoms with van der Waals surface area (Å²) in [6, 6.07) is 3.20. The third kappa shape index (κ3) is 4.83. The highest BCUT2D eigenvalue weighted by Gasteiger charge is 2.25. The van der Waals surface area contributed by atoms with E-state index in [-0.39, 0.29) is 5.82 Å². The van der Waals surface area contributed by atoms with E-state index in [9.17, 15) is 13.6 Å². The van der Waals surface area contributed by atoms with Crippen LogP contribution in [0.2, 0.25) is 0 Å². The first-order valence-electron chi connectivity index (χ1n) is 4.16. The summed E-state index contributed by atoms with van der Waals surface area (Å²) in [7, 11) is 0. The van der Waals surface area contributed by atoms with Gasteiger partial charge in [0, 0.05) is 10.7 Å². The van der Waals surface area contributed by atoms with Crippen LogP contribution in [0.15, 0.2) is 22.8 Å². The minimum Gasteiger partial charge on any atom is -0.310 e. The van der Waals surface area contributed by atoms with Crippen molar-refractivity contribution in [2.24, 2.45) is 0 Å². The average Bonchev–Trinajstić information content (AvgIpc) is 1.99. The van der Waals surface area contributed by atoms with Crippen LogP contribution in [-0.2, 0) is 4.79 Å². The van der Waals surface area contributed by atoms with Gasteiger partial charge in [-0.1, -0.05) is 15.9 Å². The largest absolute Gasteiger partial charge is 0.310 e. The Hall–Kier alpha value is -1.04. The molecule has 0 unspecified atom stereocenters. The van der Waals surface area contributed by atoms with Crippen LogP contribution < -0.4 is 5.32 Å².